The first kappa shape index (κ1) is 14.0. The minimum absolute atomic E-state index is 0.00653. The molecule has 0 aromatic carbocycles. The maximum Gasteiger partial charge on any atom is 0.216 e. The van der Waals surface area contributed by atoms with Crippen LogP contribution in [0.15, 0.2) is 0 Å². The lowest BCUT2D eigenvalue weighted by atomic mass is 10.6. The third kappa shape index (κ3) is 16.2. The van der Waals surface area contributed by atoms with Gasteiger partial charge in [-0.15, -0.1) is 0 Å². The zero-order valence-corrected chi connectivity index (χ0v) is 8.86. The van der Waals surface area contributed by atoms with Crippen LogP contribution in [-0.4, -0.2) is 32.9 Å². The van der Waals surface area contributed by atoms with Gasteiger partial charge >= 0.3 is 0 Å². The maximum atomic E-state index is 10.5. The topological polar surface area (TPSA) is 63.2 Å². The van der Waals surface area contributed by atoms with Crippen LogP contribution in [0.2, 0.25) is 0 Å². The average molecular weight is 195 g/mol. The molecule has 12 heavy (non-hydrogen) atoms. The second-order valence-electron chi connectivity index (χ2n) is 2.11. The second kappa shape index (κ2) is 7.09. The largest absolute Gasteiger partial charge is 0.355 e. The van der Waals surface area contributed by atoms with Gasteiger partial charge in [-0.3, -0.25) is 4.79 Å². The van der Waals surface area contributed by atoms with Gasteiger partial charge in [-0.2, -0.15) is 0 Å². The first-order valence-corrected chi connectivity index (χ1v) is 5.90. The predicted octanol–water partition coefficient (Wildman–Crippen LogP) is 0.193. The molecular weight excluding hydrogens is 178 g/mol. The van der Waals surface area contributed by atoms with E-state index < -0.39 is 9.84 Å². The minimum Gasteiger partial charge on any atom is -0.355 e. The zero-order valence-electron chi connectivity index (χ0n) is 8.05. The van der Waals surface area contributed by atoms with Crippen LogP contribution in [0.5, 0.6) is 0 Å². The molecule has 0 aromatic rings. The molecule has 0 aliphatic carbocycles. The number of sulfone groups is 1. The summed E-state index contributed by atoms with van der Waals surface area (Å²) in [4.78, 5) is 10.2. The summed E-state index contributed by atoms with van der Waals surface area (Å²) in [5.41, 5.74) is 0. The summed E-state index contributed by atoms with van der Waals surface area (Å²) in [6.07, 6.45) is 1.13. The van der Waals surface area contributed by atoms with Crippen molar-refractivity contribution in [2.75, 3.05) is 18.6 Å². The molecule has 0 rings (SSSR count). The number of hydrogen-bond acceptors (Lipinski definition) is 3. The van der Waals surface area contributed by atoms with Gasteiger partial charge in [0.25, 0.3) is 0 Å². The van der Waals surface area contributed by atoms with Crippen molar-refractivity contribution < 1.29 is 13.2 Å². The minimum atomic E-state index is -2.93. The number of carbonyl (C=O) groups excluding carboxylic acids is 1. The van der Waals surface area contributed by atoms with E-state index in [1.165, 1.54) is 6.92 Å². The number of nitrogens with one attached hydrogen (secondary N) is 1. The quantitative estimate of drug-likeness (QED) is 0.699. The fourth-order valence-electron chi connectivity index (χ4n) is 0.412. The predicted molar refractivity (Wildman–Crippen MR) is 49.7 cm³/mol. The highest BCUT2D eigenvalue weighted by atomic mass is 32.2. The van der Waals surface area contributed by atoms with Crippen molar-refractivity contribution in [3.05, 3.63) is 0 Å². The van der Waals surface area contributed by atoms with Gasteiger partial charge in [0, 0.05) is 19.7 Å². The Morgan fingerprint density at radius 2 is 1.75 bits per heavy atom. The van der Waals surface area contributed by atoms with Crippen molar-refractivity contribution in [2.45, 2.75) is 20.8 Å². The zero-order chi connectivity index (χ0) is 10.2. The summed E-state index contributed by atoms with van der Waals surface area (Å²) in [5.74, 6) is -0.198. The van der Waals surface area contributed by atoms with E-state index in [1.54, 1.807) is 0 Å². The van der Waals surface area contributed by atoms with E-state index in [0.717, 1.165) is 6.26 Å². The Kier molecular flexibility index (Phi) is 8.26. The van der Waals surface area contributed by atoms with Gasteiger partial charge in [0.15, 0.2) is 0 Å². The van der Waals surface area contributed by atoms with Crippen LogP contribution in [0.25, 0.3) is 0 Å². The van der Waals surface area contributed by atoms with E-state index >= 15 is 0 Å². The van der Waals surface area contributed by atoms with Crippen molar-refractivity contribution in [2.24, 2.45) is 0 Å². The van der Waals surface area contributed by atoms with E-state index in [2.05, 4.69) is 5.32 Å². The van der Waals surface area contributed by atoms with E-state index in [1.807, 2.05) is 13.8 Å². The number of rotatable bonds is 3. The van der Waals surface area contributed by atoms with Crippen LogP contribution >= 0.6 is 0 Å². The van der Waals surface area contributed by atoms with Gasteiger partial charge < -0.3 is 5.32 Å². The summed E-state index contributed by atoms with van der Waals surface area (Å²) in [7, 11) is -2.93. The van der Waals surface area contributed by atoms with Gasteiger partial charge in [0.1, 0.15) is 9.84 Å². The van der Waals surface area contributed by atoms with E-state index in [4.69, 9.17) is 0 Å². The Morgan fingerprint density at radius 3 is 2.00 bits per heavy atom. The molecule has 0 fully saturated rings. The summed E-state index contributed by atoms with van der Waals surface area (Å²) in [6.45, 7) is 5.55. The summed E-state index contributed by atoms with van der Waals surface area (Å²) in [5, 5.41) is 2.38. The van der Waals surface area contributed by atoms with E-state index in [0.29, 0.717) is 0 Å². The van der Waals surface area contributed by atoms with Crippen LogP contribution in [0, 0.1) is 0 Å². The molecule has 4 nitrogen and oxygen atoms in total. The molecule has 0 heterocycles. The first-order valence-electron chi connectivity index (χ1n) is 3.84. The SMILES string of the molecule is CC.CC(=O)NCCS(C)(=O)=O. The molecule has 5 heteroatoms. The molecule has 0 spiro atoms. The number of carbonyl (C=O) groups is 1. The van der Waals surface area contributed by atoms with Crippen molar-refractivity contribution in [3.8, 4) is 0 Å². The molecule has 0 aliphatic heterocycles. The van der Waals surface area contributed by atoms with Gasteiger partial charge in [0.05, 0.1) is 5.75 Å². The molecular formula is C7H17NO3S. The maximum absolute atomic E-state index is 10.5. The molecule has 0 aliphatic rings. The van der Waals surface area contributed by atoms with Crippen LogP contribution in [0.1, 0.15) is 20.8 Å². The van der Waals surface area contributed by atoms with Gasteiger partial charge in [-0.25, -0.2) is 8.42 Å². The van der Waals surface area contributed by atoms with Gasteiger partial charge in [-0.05, 0) is 0 Å². The highest BCUT2D eigenvalue weighted by Crippen LogP contribution is 1.78. The highest BCUT2D eigenvalue weighted by molar-refractivity contribution is 7.90. The van der Waals surface area contributed by atoms with E-state index in [-0.39, 0.29) is 18.2 Å². The summed E-state index contributed by atoms with van der Waals surface area (Å²) in [6, 6.07) is 0. The molecule has 0 saturated carbocycles. The Bertz CT molecular complexity index is 209. The normalized spacial score (nSPS) is 9.67. The Hall–Kier alpha value is -0.580. The third-order valence-electron chi connectivity index (χ3n) is 0.847. The Balaban J connectivity index is 0. The van der Waals surface area contributed by atoms with Crippen LogP contribution < -0.4 is 5.32 Å². The molecule has 0 unspecified atom stereocenters. The van der Waals surface area contributed by atoms with Crippen molar-refractivity contribution in [3.63, 3.8) is 0 Å². The van der Waals surface area contributed by atoms with Crippen molar-refractivity contribution in [1.82, 2.24) is 5.32 Å². The Labute approximate surface area is 74.3 Å². The van der Waals surface area contributed by atoms with Crippen LogP contribution in [0.4, 0.5) is 0 Å². The lowest BCUT2D eigenvalue weighted by Gasteiger charge is -1.98. The number of amides is 1. The number of hydrogen-bond donors (Lipinski definition) is 1. The molecule has 0 bridgehead atoms. The highest BCUT2D eigenvalue weighted by Gasteiger charge is 2.00. The van der Waals surface area contributed by atoms with Gasteiger partial charge in [-0.1, -0.05) is 13.8 Å². The standard InChI is InChI=1S/C5H11NO3S.C2H6/c1-5(7)6-3-4-10(2,8)9;1-2/h3-4H2,1-2H3,(H,6,7);1-2H3. The molecule has 0 aromatic heterocycles. The third-order valence-corrected chi connectivity index (χ3v) is 1.79. The van der Waals surface area contributed by atoms with E-state index in [9.17, 15) is 13.2 Å². The monoisotopic (exact) mass is 195 g/mol. The molecule has 1 amide bonds. The first-order chi connectivity index (χ1) is 5.42. The molecule has 74 valence electrons. The smallest absolute Gasteiger partial charge is 0.216 e. The summed E-state index contributed by atoms with van der Waals surface area (Å²) >= 11 is 0. The second-order valence-corrected chi connectivity index (χ2v) is 4.37. The fourth-order valence-corrected chi connectivity index (χ4v) is 0.885. The molecule has 0 radical (unpaired) electrons. The summed E-state index contributed by atoms with van der Waals surface area (Å²) < 4.78 is 20.9. The van der Waals surface area contributed by atoms with Gasteiger partial charge in [0.2, 0.25) is 5.91 Å². The lowest BCUT2D eigenvalue weighted by Crippen LogP contribution is -2.26. The molecule has 0 atom stereocenters. The lowest BCUT2D eigenvalue weighted by molar-refractivity contribution is -0.118. The van der Waals surface area contributed by atoms with Crippen LogP contribution in [0.3, 0.4) is 0 Å². The fraction of sp³-hybridized carbons (Fsp3) is 0.857. The Morgan fingerprint density at radius 1 is 1.33 bits per heavy atom. The van der Waals surface area contributed by atoms with Crippen molar-refractivity contribution >= 4 is 15.7 Å². The average Bonchev–Trinajstić information content (AvgIpc) is 1.88. The molecule has 1 N–H and O–H groups in total. The van der Waals surface area contributed by atoms with Crippen LogP contribution in [-0.2, 0) is 14.6 Å². The van der Waals surface area contributed by atoms with Crippen molar-refractivity contribution in [1.29, 1.82) is 0 Å². The molecule has 0 saturated heterocycles.